The Morgan fingerprint density at radius 1 is 1.02 bits per heavy atom. The van der Waals surface area contributed by atoms with Gasteiger partial charge in [0.25, 0.3) is 5.69 Å². The van der Waals surface area contributed by atoms with Crippen LogP contribution in [0.15, 0.2) is 108 Å². The first-order chi connectivity index (χ1) is 20.6. The molecule has 0 saturated carbocycles. The Kier molecular flexibility index (Phi) is 8.58. The molecule has 222 valence electrons. The van der Waals surface area contributed by atoms with Crippen LogP contribution < -0.4 is 11.1 Å². The van der Waals surface area contributed by atoms with Crippen molar-refractivity contribution in [3.8, 4) is 0 Å². The SMILES string of the molecule is CC1=C(C(=O)OC(C)CC2CN(C(c3ccccc3)c3ccccc3)C2)C(c2cccc([N+](=O)[O-])c2)C(C(=O)O)=C(N)N1. The molecule has 1 fully saturated rings. The van der Waals surface area contributed by atoms with Crippen LogP contribution in [-0.2, 0) is 14.3 Å². The van der Waals surface area contributed by atoms with Gasteiger partial charge in [-0.15, -0.1) is 0 Å². The minimum absolute atomic E-state index is 0.0578. The topological polar surface area (TPSA) is 148 Å². The molecule has 3 aromatic carbocycles. The van der Waals surface area contributed by atoms with Crippen LogP contribution in [0.4, 0.5) is 5.69 Å². The van der Waals surface area contributed by atoms with Crippen molar-refractivity contribution < 1.29 is 24.4 Å². The number of esters is 1. The smallest absolute Gasteiger partial charge is 0.337 e. The van der Waals surface area contributed by atoms with Crippen LogP contribution in [0.2, 0.25) is 0 Å². The Balaban J connectivity index is 1.30. The number of ether oxygens (including phenoxy) is 1. The fourth-order valence-corrected chi connectivity index (χ4v) is 6.13. The largest absolute Gasteiger partial charge is 0.478 e. The van der Waals surface area contributed by atoms with Crippen molar-refractivity contribution >= 4 is 17.6 Å². The first-order valence-corrected chi connectivity index (χ1v) is 14.1. The number of nitrogens with two attached hydrogens (primary N) is 1. The summed E-state index contributed by atoms with van der Waals surface area (Å²) in [4.78, 5) is 39.1. The van der Waals surface area contributed by atoms with E-state index in [1.807, 2.05) is 43.3 Å². The lowest BCUT2D eigenvalue weighted by atomic mass is 9.81. The van der Waals surface area contributed by atoms with E-state index in [0.29, 0.717) is 18.0 Å². The zero-order valence-corrected chi connectivity index (χ0v) is 24.0. The second-order valence-corrected chi connectivity index (χ2v) is 11.1. The molecule has 0 amide bonds. The Labute approximate surface area is 249 Å². The Hall–Kier alpha value is -4.96. The summed E-state index contributed by atoms with van der Waals surface area (Å²) in [5.74, 6) is -3.01. The Morgan fingerprint density at radius 2 is 1.63 bits per heavy atom. The molecule has 3 aromatic rings. The highest BCUT2D eigenvalue weighted by Gasteiger charge is 2.40. The summed E-state index contributed by atoms with van der Waals surface area (Å²) in [5, 5.41) is 24.2. The van der Waals surface area contributed by atoms with Crippen molar-refractivity contribution in [2.45, 2.75) is 38.3 Å². The van der Waals surface area contributed by atoms with E-state index in [1.165, 1.54) is 29.3 Å². The number of carboxylic acids is 1. The fraction of sp³-hybridized carbons (Fsp3) is 0.273. The number of allylic oxidation sites excluding steroid dienone is 1. The molecule has 10 nitrogen and oxygen atoms in total. The summed E-state index contributed by atoms with van der Waals surface area (Å²) in [7, 11) is 0. The summed E-state index contributed by atoms with van der Waals surface area (Å²) < 4.78 is 5.88. The minimum Gasteiger partial charge on any atom is -0.478 e. The van der Waals surface area contributed by atoms with E-state index < -0.39 is 28.9 Å². The molecular weight excluding hydrogens is 548 g/mol. The summed E-state index contributed by atoms with van der Waals surface area (Å²) in [6.07, 6.45) is 0.179. The molecule has 2 unspecified atom stereocenters. The molecule has 0 radical (unpaired) electrons. The number of hydrogen-bond donors (Lipinski definition) is 3. The van der Waals surface area contributed by atoms with E-state index in [4.69, 9.17) is 10.5 Å². The highest BCUT2D eigenvalue weighted by Crippen LogP contribution is 2.40. The van der Waals surface area contributed by atoms with Gasteiger partial charge < -0.3 is 20.9 Å². The van der Waals surface area contributed by atoms with Gasteiger partial charge in [0.2, 0.25) is 0 Å². The number of rotatable bonds is 10. The molecule has 43 heavy (non-hydrogen) atoms. The Bertz CT molecular complexity index is 1540. The van der Waals surface area contributed by atoms with E-state index in [2.05, 4.69) is 34.5 Å². The van der Waals surface area contributed by atoms with E-state index in [-0.39, 0.29) is 34.3 Å². The minimum atomic E-state index is -1.34. The van der Waals surface area contributed by atoms with Gasteiger partial charge in [-0.2, -0.15) is 0 Å². The average Bonchev–Trinajstić information content (AvgIpc) is 2.96. The molecule has 0 spiro atoms. The summed E-state index contributed by atoms with van der Waals surface area (Å²) in [6, 6.07) is 26.4. The molecule has 2 heterocycles. The average molecular weight is 583 g/mol. The van der Waals surface area contributed by atoms with Crippen molar-refractivity contribution in [1.82, 2.24) is 10.2 Å². The lowest BCUT2D eigenvalue weighted by Crippen LogP contribution is -2.49. The number of likely N-dealkylation sites (tertiary alicyclic amines) is 1. The van der Waals surface area contributed by atoms with Gasteiger partial charge in [-0.3, -0.25) is 15.0 Å². The maximum atomic E-state index is 13.6. The first-order valence-electron chi connectivity index (χ1n) is 14.1. The fourth-order valence-electron chi connectivity index (χ4n) is 6.13. The van der Waals surface area contributed by atoms with Crippen LogP contribution in [0, 0.1) is 16.0 Å². The van der Waals surface area contributed by atoms with Crippen LogP contribution >= 0.6 is 0 Å². The lowest BCUT2D eigenvalue weighted by Gasteiger charge is -2.45. The van der Waals surface area contributed by atoms with Gasteiger partial charge in [-0.25, -0.2) is 9.59 Å². The molecule has 2 atom stereocenters. The predicted octanol–water partition coefficient (Wildman–Crippen LogP) is 4.85. The second-order valence-electron chi connectivity index (χ2n) is 11.1. The van der Waals surface area contributed by atoms with Crippen molar-refractivity contribution in [3.63, 3.8) is 0 Å². The molecule has 0 aliphatic carbocycles. The number of nitrogens with zero attached hydrogens (tertiary/aromatic N) is 2. The highest BCUT2D eigenvalue weighted by atomic mass is 16.6. The van der Waals surface area contributed by atoms with Crippen LogP contribution in [0.1, 0.15) is 48.9 Å². The van der Waals surface area contributed by atoms with Gasteiger partial charge in [0.1, 0.15) is 5.82 Å². The molecule has 4 N–H and O–H groups in total. The van der Waals surface area contributed by atoms with Gasteiger partial charge in [0, 0.05) is 30.9 Å². The number of nitro groups is 1. The van der Waals surface area contributed by atoms with Gasteiger partial charge in [-0.1, -0.05) is 72.8 Å². The van der Waals surface area contributed by atoms with Crippen molar-refractivity contribution in [3.05, 3.63) is 134 Å². The standard InChI is InChI=1S/C33H34N4O6/c1-20(16-22-18-36(19-22)30(23-10-5-3-6-11-23)24-12-7-4-8-13-24)43-33(40)27-21(2)35-31(34)29(32(38)39)28(27)25-14-9-15-26(17-25)37(41)42/h3-15,17,20,22,28,30,35H,16,18-19,34H2,1-2H3,(H,38,39). The third-order valence-corrected chi connectivity index (χ3v) is 8.01. The molecular formula is C33H34N4O6. The number of benzene rings is 3. The first kappa shape index (κ1) is 29.5. The third kappa shape index (κ3) is 6.29. The van der Waals surface area contributed by atoms with E-state index in [9.17, 15) is 24.8 Å². The van der Waals surface area contributed by atoms with Crippen LogP contribution in [0.5, 0.6) is 0 Å². The van der Waals surface area contributed by atoms with Crippen LogP contribution in [-0.4, -0.2) is 46.1 Å². The molecule has 2 aliphatic rings. The lowest BCUT2D eigenvalue weighted by molar-refractivity contribution is -0.384. The second kappa shape index (κ2) is 12.5. The molecule has 0 aromatic heterocycles. The highest BCUT2D eigenvalue weighted by molar-refractivity contribution is 5.99. The van der Waals surface area contributed by atoms with Crippen molar-refractivity contribution in [1.29, 1.82) is 0 Å². The molecule has 5 rings (SSSR count). The number of carboxylic acid groups (broad SMARTS) is 1. The summed E-state index contributed by atoms with van der Waals surface area (Å²) in [6.45, 7) is 5.09. The number of carbonyl (C=O) groups is 2. The van der Waals surface area contributed by atoms with Crippen LogP contribution in [0.25, 0.3) is 0 Å². The summed E-state index contributed by atoms with van der Waals surface area (Å²) >= 11 is 0. The van der Waals surface area contributed by atoms with Gasteiger partial charge in [0.15, 0.2) is 0 Å². The molecule has 10 heteroatoms. The maximum Gasteiger partial charge on any atom is 0.337 e. The van der Waals surface area contributed by atoms with E-state index >= 15 is 0 Å². The van der Waals surface area contributed by atoms with Crippen molar-refractivity contribution in [2.24, 2.45) is 11.7 Å². The number of aliphatic carboxylic acids is 1. The Morgan fingerprint density at radius 3 is 2.19 bits per heavy atom. The molecule has 0 bridgehead atoms. The molecule has 2 aliphatic heterocycles. The summed E-state index contributed by atoms with van der Waals surface area (Å²) in [5.41, 5.74) is 8.62. The van der Waals surface area contributed by atoms with E-state index in [1.54, 1.807) is 13.0 Å². The zero-order valence-electron chi connectivity index (χ0n) is 24.0. The number of carbonyl (C=O) groups excluding carboxylic acids is 1. The number of dihydropyridines is 1. The predicted molar refractivity (Wildman–Crippen MR) is 160 cm³/mol. The maximum absolute atomic E-state index is 13.6. The monoisotopic (exact) mass is 582 g/mol. The number of non-ortho nitro benzene ring substituents is 1. The van der Waals surface area contributed by atoms with Gasteiger partial charge in [0.05, 0.1) is 34.1 Å². The normalized spacial score (nSPS) is 18.2. The number of nitrogens with one attached hydrogen (secondary N) is 1. The number of nitro benzene ring substituents is 1. The van der Waals surface area contributed by atoms with Crippen LogP contribution in [0.3, 0.4) is 0 Å². The number of hydrogen-bond acceptors (Lipinski definition) is 8. The van der Waals surface area contributed by atoms with E-state index in [0.717, 1.165) is 13.1 Å². The van der Waals surface area contributed by atoms with Gasteiger partial charge in [-0.05, 0) is 42.9 Å². The molecule has 1 saturated heterocycles. The quantitative estimate of drug-likeness (QED) is 0.173. The van der Waals surface area contributed by atoms with Gasteiger partial charge >= 0.3 is 11.9 Å². The zero-order chi connectivity index (χ0) is 30.7. The third-order valence-electron chi connectivity index (χ3n) is 8.01. The van der Waals surface area contributed by atoms with Crippen molar-refractivity contribution in [2.75, 3.05) is 13.1 Å².